The van der Waals surface area contributed by atoms with Crippen LogP contribution in [0.2, 0.25) is 0 Å². The Hall–Kier alpha value is -1.51. The predicted molar refractivity (Wildman–Crippen MR) is 79.5 cm³/mol. The second-order valence-electron chi connectivity index (χ2n) is 4.69. The van der Waals surface area contributed by atoms with Crippen LogP contribution in [0.3, 0.4) is 0 Å². The highest BCUT2D eigenvalue weighted by Gasteiger charge is 2.15. The molecule has 1 atom stereocenters. The van der Waals surface area contributed by atoms with Gasteiger partial charge in [0.05, 0.1) is 6.61 Å². The number of unbranched alkanes of at least 4 members (excludes halogenated alkanes) is 1. The minimum atomic E-state index is 0.117. The first kappa shape index (κ1) is 15.5. The lowest BCUT2D eigenvalue weighted by molar-refractivity contribution is -0.120. The minimum absolute atomic E-state index is 0.117. The summed E-state index contributed by atoms with van der Waals surface area (Å²) in [5.41, 5.74) is 0.836. The van der Waals surface area contributed by atoms with E-state index >= 15 is 0 Å². The van der Waals surface area contributed by atoms with Gasteiger partial charge in [-0.05, 0) is 44.0 Å². The topological polar surface area (TPSA) is 38.3 Å². The molecule has 1 aromatic carbocycles. The summed E-state index contributed by atoms with van der Waals surface area (Å²) in [5.74, 6) is 1.07. The number of ether oxygens (including phenoxy) is 1. The molecule has 0 aliphatic heterocycles. The average Bonchev–Trinajstić information content (AvgIpc) is 2.42. The summed E-state index contributed by atoms with van der Waals surface area (Å²) in [5, 5.41) is 2.98. The molecule has 106 valence electrons. The molecule has 0 saturated heterocycles. The van der Waals surface area contributed by atoms with Gasteiger partial charge in [-0.25, -0.2) is 0 Å². The van der Waals surface area contributed by atoms with Crippen molar-refractivity contribution in [1.82, 2.24) is 0 Å². The van der Waals surface area contributed by atoms with Crippen LogP contribution in [0.4, 0.5) is 5.69 Å². The van der Waals surface area contributed by atoms with Crippen LogP contribution in [-0.2, 0) is 4.79 Å². The average molecular weight is 263 g/mol. The predicted octanol–water partition coefficient (Wildman–Crippen LogP) is 4.24. The highest BCUT2D eigenvalue weighted by atomic mass is 16.5. The first-order valence-electron chi connectivity index (χ1n) is 7.24. The summed E-state index contributed by atoms with van der Waals surface area (Å²) < 4.78 is 5.37. The summed E-state index contributed by atoms with van der Waals surface area (Å²) >= 11 is 0. The van der Waals surface area contributed by atoms with Gasteiger partial charge in [0.1, 0.15) is 5.75 Å². The zero-order chi connectivity index (χ0) is 14.1. The van der Waals surface area contributed by atoms with Crippen molar-refractivity contribution in [2.75, 3.05) is 11.9 Å². The molecule has 19 heavy (non-hydrogen) atoms. The van der Waals surface area contributed by atoms with Crippen molar-refractivity contribution >= 4 is 11.6 Å². The number of rotatable bonds is 8. The molecular weight excluding hydrogens is 238 g/mol. The Balaban J connectivity index is 2.54. The Morgan fingerprint density at radius 1 is 1.21 bits per heavy atom. The third-order valence-corrected chi connectivity index (χ3v) is 3.20. The fraction of sp³-hybridized carbons (Fsp3) is 0.562. The lowest BCUT2D eigenvalue weighted by atomic mass is 9.98. The molecule has 0 aliphatic rings. The van der Waals surface area contributed by atoms with Crippen molar-refractivity contribution in [3.63, 3.8) is 0 Å². The molecule has 0 heterocycles. The van der Waals surface area contributed by atoms with Crippen LogP contribution in [0.15, 0.2) is 24.3 Å². The summed E-state index contributed by atoms with van der Waals surface area (Å²) in [7, 11) is 0. The van der Waals surface area contributed by atoms with Gasteiger partial charge >= 0.3 is 0 Å². The van der Waals surface area contributed by atoms with E-state index in [1.54, 1.807) is 0 Å². The summed E-state index contributed by atoms with van der Waals surface area (Å²) in [6.45, 7) is 6.82. The summed E-state index contributed by atoms with van der Waals surface area (Å²) in [4.78, 5) is 12.1. The van der Waals surface area contributed by atoms with E-state index in [0.29, 0.717) is 6.61 Å². The van der Waals surface area contributed by atoms with Gasteiger partial charge in [0.15, 0.2) is 0 Å². The maximum Gasteiger partial charge on any atom is 0.227 e. The molecular formula is C16H25NO2. The number of carbonyl (C=O) groups is 1. The maximum atomic E-state index is 12.1. The molecule has 1 amide bonds. The van der Waals surface area contributed by atoms with E-state index in [4.69, 9.17) is 4.74 Å². The number of hydrogen-bond acceptors (Lipinski definition) is 2. The molecule has 0 saturated carbocycles. The minimum Gasteiger partial charge on any atom is -0.494 e. The van der Waals surface area contributed by atoms with Crippen molar-refractivity contribution in [1.29, 1.82) is 0 Å². The fourth-order valence-electron chi connectivity index (χ4n) is 2.02. The normalized spacial score (nSPS) is 11.9. The van der Waals surface area contributed by atoms with Gasteiger partial charge < -0.3 is 10.1 Å². The van der Waals surface area contributed by atoms with Gasteiger partial charge in [-0.3, -0.25) is 4.79 Å². The molecule has 0 radical (unpaired) electrons. The van der Waals surface area contributed by atoms with Crippen LogP contribution in [0.25, 0.3) is 0 Å². The summed E-state index contributed by atoms with van der Waals surface area (Å²) in [6.07, 6.45) is 4.10. The molecule has 0 spiro atoms. The molecule has 1 rings (SSSR count). The van der Waals surface area contributed by atoms with E-state index in [2.05, 4.69) is 19.2 Å². The van der Waals surface area contributed by atoms with E-state index in [9.17, 15) is 4.79 Å². The van der Waals surface area contributed by atoms with E-state index < -0.39 is 0 Å². The van der Waals surface area contributed by atoms with Crippen LogP contribution >= 0.6 is 0 Å². The van der Waals surface area contributed by atoms with Crippen molar-refractivity contribution < 1.29 is 9.53 Å². The van der Waals surface area contributed by atoms with Crippen LogP contribution in [0.5, 0.6) is 5.75 Å². The molecule has 3 nitrogen and oxygen atoms in total. The molecule has 1 N–H and O–H groups in total. The van der Waals surface area contributed by atoms with Crippen molar-refractivity contribution in [3.05, 3.63) is 24.3 Å². The van der Waals surface area contributed by atoms with Crippen molar-refractivity contribution in [3.8, 4) is 5.75 Å². The molecule has 0 aliphatic carbocycles. The molecule has 1 aromatic rings. The van der Waals surface area contributed by atoms with Crippen LogP contribution < -0.4 is 10.1 Å². The van der Waals surface area contributed by atoms with Crippen LogP contribution in [-0.4, -0.2) is 12.5 Å². The van der Waals surface area contributed by atoms with Gasteiger partial charge in [0.25, 0.3) is 0 Å². The Morgan fingerprint density at radius 2 is 1.89 bits per heavy atom. The van der Waals surface area contributed by atoms with Gasteiger partial charge in [0, 0.05) is 11.6 Å². The lowest BCUT2D eigenvalue weighted by Gasteiger charge is -2.14. The zero-order valence-electron chi connectivity index (χ0n) is 12.2. The Morgan fingerprint density at radius 3 is 2.42 bits per heavy atom. The number of anilines is 1. The Bertz CT molecular complexity index is 373. The first-order valence-corrected chi connectivity index (χ1v) is 7.24. The van der Waals surface area contributed by atoms with Crippen molar-refractivity contribution in [2.45, 2.75) is 46.5 Å². The number of carbonyl (C=O) groups excluding carboxylic acids is 1. The first-order chi connectivity index (χ1) is 9.21. The van der Waals surface area contributed by atoms with Gasteiger partial charge in [-0.15, -0.1) is 0 Å². The van der Waals surface area contributed by atoms with Crippen LogP contribution in [0.1, 0.15) is 46.5 Å². The van der Waals surface area contributed by atoms with E-state index in [1.807, 2.05) is 31.2 Å². The third-order valence-electron chi connectivity index (χ3n) is 3.20. The smallest absolute Gasteiger partial charge is 0.227 e. The Kier molecular flexibility index (Phi) is 7.01. The zero-order valence-corrected chi connectivity index (χ0v) is 12.2. The molecule has 0 unspecified atom stereocenters. The largest absolute Gasteiger partial charge is 0.494 e. The monoisotopic (exact) mass is 263 g/mol. The summed E-state index contributed by atoms with van der Waals surface area (Å²) in [6, 6.07) is 7.53. The van der Waals surface area contributed by atoms with E-state index in [-0.39, 0.29) is 11.8 Å². The Labute approximate surface area is 116 Å². The second kappa shape index (κ2) is 8.57. The standard InChI is InChI=1S/C16H25NO2/c1-4-7-8-13(5-2)16(18)17-14-9-11-15(12-10-14)19-6-3/h9-13H,4-8H2,1-3H3,(H,17,18)/t13-/m1/s1. The van der Waals surface area contributed by atoms with Crippen LogP contribution in [0, 0.1) is 5.92 Å². The molecule has 0 bridgehead atoms. The molecule has 0 aromatic heterocycles. The number of amides is 1. The quantitative estimate of drug-likeness (QED) is 0.761. The second-order valence-corrected chi connectivity index (χ2v) is 4.69. The lowest BCUT2D eigenvalue weighted by Crippen LogP contribution is -2.22. The van der Waals surface area contributed by atoms with Gasteiger partial charge in [-0.2, -0.15) is 0 Å². The number of nitrogens with one attached hydrogen (secondary N) is 1. The SMILES string of the molecule is CCCC[C@@H](CC)C(=O)Nc1ccc(OCC)cc1. The maximum absolute atomic E-state index is 12.1. The molecule has 0 fully saturated rings. The van der Waals surface area contributed by atoms with Gasteiger partial charge in [0.2, 0.25) is 5.91 Å². The third kappa shape index (κ3) is 5.33. The van der Waals surface area contributed by atoms with E-state index in [1.165, 1.54) is 0 Å². The highest BCUT2D eigenvalue weighted by molar-refractivity contribution is 5.92. The van der Waals surface area contributed by atoms with Crippen molar-refractivity contribution in [2.24, 2.45) is 5.92 Å². The van der Waals surface area contributed by atoms with Gasteiger partial charge in [-0.1, -0.05) is 26.7 Å². The highest BCUT2D eigenvalue weighted by Crippen LogP contribution is 2.19. The number of benzene rings is 1. The van der Waals surface area contributed by atoms with E-state index in [0.717, 1.165) is 37.1 Å². The number of hydrogen-bond donors (Lipinski definition) is 1. The molecule has 3 heteroatoms. The fourth-order valence-corrected chi connectivity index (χ4v) is 2.02.